The number of primary amides is 1. The van der Waals surface area contributed by atoms with Crippen molar-refractivity contribution in [2.75, 3.05) is 23.7 Å². The van der Waals surface area contributed by atoms with E-state index >= 15 is 0 Å². The molecule has 0 bridgehead atoms. The highest BCUT2D eigenvalue weighted by Gasteiger charge is 2.16. The van der Waals surface area contributed by atoms with Gasteiger partial charge in [-0.25, -0.2) is 9.37 Å². The van der Waals surface area contributed by atoms with Crippen LogP contribution >= 0.6 is 0 Å². The molecule has 0 saturated carbocycles. The largest absolute Gasteiger partial charge is 0.366 e. The van der Waals surface area contributed by atoms with E-state index in [9.17, 15) is 9.18 Å². The van der Waals surface area contributed by atoms with Gasteiger partial charge in [-0.1, -0.05) is 0 Å². The average Bonchev–Trinajstić information content (AvgIpc) is 3.02. The molecule has 0 aliphatic heterocycles. The van der Waals surface area contributed by atoms with Crippen LogP contribution in [-0.4, -0.2) is 34.2 Å². The lowest BCUT2D eigenvalue weighted by atomic mass is 10.2. The second-order valence-corrected chi connectivity index (χ2v) is 5.09. The molecule has 7 N–H and O–H groups in total. The number of nitrogens with zero attached hydrogens (tertiary/aromatic N) is 2. The van der Waals surface area contributed by atoms with Crippen LogP contribution in [0.15, 0.2) is 30.5 Å². The van der Waals surface area contributed by atoms with Crippen LogP contribution in [0.1, 0.15) is 10.4 Å². The summed E-state index contributed by atoms with van der Waals surface area (Å²) in [4.78, 5) is 15.7. The van der Waals surface area contributed by atoms with E-state index < -0.39 is 11.7 Å². The maximum Gasteiger partial charge on any atom is 0.252 e. The number of rotatable bonds is 6. The molecule has 0 aliphatic rings. The van der Waals surface area contributed by atoms with Gasteiger partial charge in [-0.2, -0.15) is 5.10 Å². The zero-order chi connectivity index (χ0) is 17.1. The van der Waals surface area contributed by atoms with Crippen molar-refractivity contribution < 1.29 is 9.18 Å². The van der Waals surface area contributed by atoms with E-state index in [1.807, 2.05) is 6.07 Å². The molecule has 2 heterocycles. The fourth-order valence-electron chi connectivity index (χ4n) is 2.24. The van der Waals surface area contributed by atoms with Gasteiger partial charge in [-0.3, -0.25) is 9.89 Å². The minimum absolute atomic E-state index is 0.00410. The Balaban J connectivity index is 1.98. The summed E-state index contributed by atoms with van der Waals surface area (Å²) < 4.78 is 14.0. The fraction of sp³-hybridized carbons (Fsp3) is 0.133. The number of pyridine rings is 1. The summed E-state index contributed by atoms with van der Waals surface area (Å²) in [6, 6.07) is 6.49. The number of carbonyl (C=O) groups is 1. The molecule has 8 nitrogen and oxygen atoms in total. The lowest BCUT2D eigenvalue weighted by Gasteiger charge is -2.13. The van der Waals surface area contributed by atoms with Crippen LogP contribution < -0.4 is 22.1 Å². The maximum absolute atomic E-state index is 14.0. The first-order chi connectivity index (χ1) is 11.6. The second-order valence-electron chi connectivity index (χ2n) is 5.09. The van der Waals surface area contributed by atoms with Gasteiger partial charge in [0.25, 0.3) is 5.91 Å². The molecule has 0 atom stereocenters. The smallest absolute Gasteiger partial charge is 0.252 e. The van der Waals surface area contributed by atoms with Crippen LogP contribution in [0.5, 0.6) is 0 Å². The number of hydrogen-bond donors (Lipinski definition) is 5. The Morgan fingerprint density at radius 3 is 2.88 bits per heavy atom. The highest BCUT2D eigenvalue weighted by Crippen LogP contribution is 2.25. The Labute approximate surface area is 136 Å². The lowest BCUT2D eigenvalue weighted by molar-refractivity contribution is 0.100. The summed E-state index contributed by atoms with van der Waals surface area (Å²) in [6.07, 6.45) is 1.69. The van der Waals surface area contributed by atoms with Crippen molar-refractivity contribution in [3.05, 3.63) is 41.8 Å². The summed E-state index contributed by atoms with van der Waals surface area (Å²) in [7, 11) is 0. The number of anilines is 3. The minimum Gasteiger partial charge on any atom is -0.366 e. The van der Waals surface area contributed by atoms with Crippen molar-refractivity contribution in [3.63, 3.8) is 0 Å². The number of amides is 1. The predicted octanol–water partition coefficient (Wildman–Crippen LogP) is 1.31. The molecule has 3 aromatic rings. The van der Waals surface area contributed by atoms with Crippen LogP contribution in [0.25, 0.3) is 10.9 Å². The number of nitrogens with one attached hydrogen (secondary N) is 3. The summed E-state index contributed by atoms with van der Waals surface area (Å²) in [5.74, 6) is -1.30. The molecular formula is C15H16FN7O. The number of aromatic nitrogens is 3. The number of benzene rings is 1. The van der Waals surface area contributed by atoms with Gasteiger partial charge in [0.15, 0.2) is 11.6 Å². The predicted molar refractivity (Wildman–Crippen MR) is 89.6 cm³/mol. The first kappa shape index (κ1) is 15.7. The van der Waals surface area contributed by atoms with Crippen molar-refractivity contribution in [1.29, 1.82) is 0 Å². The quantitative estimate of drug-likeness (QED) is 0.463. The van der Waals surface area contributed by atoms with E-state index in [1.54, 1.807) is 18.3 Å². The second kappa shape index (κ2) is 6.50. The molecule has 0 saturated heterocycles. The Hall–Kier alpha value is -3.20. The zero-order valence-electron chi connectivity index (χ0n) is 12.6. The first-order valence-corrected chi connectivity index (χ1v) is 7.23. The SMILES string of the molecule is NCCNc1nc(Nc2ccc3cn[nH]c3c2)c(C(N)=O)cc1F. The molecule has 0 unspecified atom stereocenters. The number of H-pyrrole nitrogens is 1. The molecule has 1 aromatic carbocycles. The minimum atomic E-state index is -0.781. The topological polar surface area (TPSA) is 135 Å². The molecule has 3 rings (SSSR count). The van der Waals surface area contributed by atoms with Crippen molar-refractivity contribution in [1.82, 2.24) is 15.2 Å². The summed E-state index contributed by atoms with van der Waals surface area (Å²) in [6.45, 7) is 0.664. The molecule has 2 aromatic heterocycles. The van der Waals surface area contributed by atoms with Gasteiger partial charge >= 0.3 is 0 Å². The standard InChI is InChI=1S/C15H16FN7O/c16-11-6-10(13(18)24)14(22-15(11)19-4-3-17)21-9-2-1-8-7-20-23-12(8)5-9/h1-2,5-7H,3-4,17H2,(H2,18,24)(H,20,23)(H2,19,21,22). The van der Waals surface area contributed by atoms with Crippen molar-refractivity contribution in [2.45, 2.75) is 0 Å². The first-order valence-electron chi connectivity index (χ1n) is 7.23. The van der Waals surface area contributed by atoms with Crippen LogP contribution in [0.4, 0.5) is 21.7 Å². The molecule has 0 radical (unpaired) electrons. The molecule has 124 valence electrons. The van der Waals surface area contributed by atoms with E-state index in [0.29, 0.717) is 18.8 Å². The number of carbonyl (C=O) groups excluding carboxylic acids is 1. The van der Waals surface area contributed by atoms with Crippen molar-refractivity contribution in [2.24, 2.45) is 11.5 Å². The van der Waals surface area contributed by atoms with E-state index in [4.69, 9.17) is 11.5 Å². The fourth-order valence-corrected chi connectivity index (χ4v) is 2.24. The lowest BCUT2D eigenvalue weighted by Crippen LogP contribution is -2.18. The molecule has 1 amide bonds. The molecule has 24 heavy (non-hydrogen) atoms. The van der Waals surface area contributed by atoms with Gasteiger partial charge in [0, 0.05) is 24.2 Å². The molecular weight excluding hydrogens is 313 g/mol. The van der Waals surface area contributed by atoms with Crippen LogP contribution in [0.2, 0.25) is 0 Å². The van der Waals surface area contributed by atoms with Crippen molar-refractivity contribution in [3.8, 4) is 0 Å². The summed E-state index contributed by atoms with van der Waals surface area (Å²) in [5, 5.41) is 13.5. The molecule has 0 aliphatic carbocycles. The number of halogens is 1. The van der Waals surface area contributed by atoms with E-state index in [2.05, 4.69) is 25.8 Å². The normalized spacial score (nSPS) is 10.8. The number of nitrogens with two attached hydrogens (primary N) is 2. The number of hydrogen-bond acceptors (Lipinski definition) is 6. The highest BCUT2D eigenvalue weighted by molar-refractivity contribution is 5.99. The third kappa shape index (κ3) is 3.10. The molecule has 0 spiro atoms. The highest BCUT2D eigenvalue weighted by atomic mass is 19.1. The Morgan fingerprint density at radius 1 is 1.29 bits per heavy atom. The van der Waals surface area contributed by atoms with E-state index in [1.165, 1.54) is 0 Å². The molecule has 9 heteroatoms. The van der Waals surface area contributed by atoms with Gasteiger partial charge in [0.1, 0.15) is 5.82 Å². The zero-order valence-corrected chi connectivity index (χ0v) is 12.6. The Morgan fingerprint density at radius 2 is 2.12 bits per heavy atom. The maximum atomic E-state index is 14.0. The van der Waals surface area contributed by atoms with Gasteiger partial charge in [-0.15, -0.1) is 0 Å². The Bertz CT molecular complexity index is 893. The molecule has 0 fully saturated rings. The van der Waals surface area contributed by atoms with Crippen LogP contribution in [0.3, 0.4) is 0 Å². The van der Waals surface area contributed by atoms with Gasteiger partial charge < -0.3 is 22.1 Å². The van der Waals surface area contributed by atoms with Gasteiger partial charge in [0.2, 0.25) is 0 Å². The Kier molecular flexibility index (Phi) is 4.25. The average molecular weight is 329 g/mol. The third-order valence-electron chi connectivity index (χ3n) is 3.38. The van der Waals surface area contributed by atoms with E-state index in [0.717, 1.165) is 17.0 Å². The van der Waals surface area contributed by atoms with Crippen LogP contribution in [0, 0.1) is 5.82 Å². The van der Waals surface area contributed by atoms with Crippen molar-refractivity contribution >= 4 is 34.1 Å². The van der Waals surface area contributed by atoms with Gasteiger partial charge in [-0.05, 0) is 24.3 Å². The monoisotopic (exact) mass is 329 g/mol. The van der Waals surface area contributed by atoms with Gasteiger partial charge in [0.05, 0.1) is 17.3 Å². The third-order valence-corrected chi connectivity index (χ3v) is 3.38. The number of aromatic amines is 1. The summed E-state index contributed by atoms with van der Waals surface area (Å²) in [5.41, 5.74) is 12.1. The van der Waals surface area contributed by atoms with Crippen LogP contribution in [-0.2, 0) is 0 Å². The number of fused-ring (bicyclic) bond motifs is 1. The summed E-state index contributed by atoms with van der Waals surface area (Å²) >= 11 is 0. The van der Waals surface area contributed by atoms with E-state index in [-0.39, 0.29) is 17.2 Å².